The predicted octanol–water partition coefficient (Wildman–Crippen LogP) is 3.99. The van der Waals surface area contributed by atoms with Gasteiger partial charge in [0.25, 0.3) is 0 Å². The molecule has 0 saturated heterocycles. The number of aromatic nitrogens is 4. The van der Waals surface area contributed by atoms with Crippen molar-refractivity contribution in [2.45, 2.75) is 25.3 Å². The zero-order chi connectivity index (χ0) is 18.2. The monoisotopic (exact) mass is 357 g/mol. The van der Waals surface area contributed by atoms with Crippen molar-refractivity contribution in [3.05, 3.63) is 72.1 Å². The van der Waals surface area contributed by atoms with Gasteiger partial charge in [0.05, 0.1) is 11.9 Å². The summed E-state index contributed by atoms with van der Waals surface area (Å²) in [7, 11) is 0. The fourth-order valence-corrected chi connectivity index (χ4v) is 3.29. The van der Waals surface area contributed by atoms with E-state index in [-0.39, 0.29) is 5.88 Å². The van der Waals surface area contributed by atoms with E-state index in [4.69, 9.17) is 0 Å². The number of rotatable bonds is 5. The summed E-state index contributed by atoms with van der Waals surface area (Å²) >= 11 is 0. The van der Waals surface area contributed by atoms with E-state index in [0.717, 1.165) is 33.8 Å². The molecule has 1 aliphatic rings. The highest BCUT2D eigenvalue weighted by molar-refractivity contribution is 5.60. The smallest absolute Gasteiger partial charge is 0.216 e. The summed E-state index contributed by atoms with van der Waals surface area (Å²) in [5, 5.41) is 17.8. The van der Waals surface area contributed by atoms with Crippen molar-refractivity contribution in [1.82, 2.24) is 19.6 Å². The van der Waals surface area contributed by atoms with E-state index >= 15 is 0 Å². The van der Waals surface area contributed by atoms with Gasteiger partial charge in [-0.2, -0.15) is 14.6 Å². The number of aromatic hydroxyl groups is 1. The van der Waals surface area contributed by atoms with Gasteiger partial charge in [0, 0.05) is 29.9 Å². The zero-order valence-electron chi connectivity index (χ0n) is 14.7. The summed E-state index contributed by atoms with van der Waals surface area (Å²) in [6.45, 7) is 0.625. The lowest BCUT2D eigenvalue weighted by atomic mass is 10.1. The van der Waals surface area contributed by atoms with Gasteiger partial charge in [-0.05, 0) is 36.5 Å². The SMILES string of the molecule is Oc1cc(NCc2ccc(-c3ccccn3)cc2)n2ncc(C3CC3)c2n1. The van der Waals surface area contributed by atoms with E-state index in [1.807, 2.05) is 24.4 Å². The second kappa shape index (κ2) is 6.39. The van der Waals surface area contributed by atoms with Crippen molar-refractivity contribution in [2.24, 2.45) is 0 Å². The summed E-state index contributed by atoms with van der Waals surface area (Å²) in [4.78, 5) is 8.64. The maximum absolute atomic E-state index is 10.0. The van der Waals surface area contributed by atoms with Crippen LogP contribution >= 0.6 is 0 Å². The predicted molar refractivity (Wildman–Crippen MR) is 104 cm³/mol. The summed E-state index contributed by atoms with van der Waals surface area (Å²) in [6.07, 6.45) is 6.01. The molecular weight excluding hydrogens is 338 g/mol. The number of pyridine rings is 1. The average Bonchev–Trinajstić information content (AvgIpc) is 3.46. The van der Waals surface area contributed by atoms with Crippen LogP contribution in [0.5, 0.6) is 5.88 Å². The quantitative estimate of drug-likeness (QED) is 0.565. The largest absolute Gasteiger partial charge is 0.493 e. The van der Waals surface area contributed by atoms with Gasteiger partial charge in [0.15, 0.2) is 5.65 Å². The molecule has 0 atom stereocenters. The molecule has 2 N–H and O–H groups in total. The topological polar surface area (TPSA) is 75.3 Å². The van der Waals surface area contributed by atoms with Crippen molar-refractivity contribution >= 4 is 11.5 Å². The number of anilines is 1. The Labute approximate surface area is 156 Å². The van der Waals surface area contributed by atoms with Gasteiger partial charge in [0.2, 0.25) is 5.88 Å². The van der Waals surface area contributed by atoms with E-state index in [0.29, 0.717) is 12.5 Å². The van der Waals surface area contributed by atoms with Crippen molar-refractivity contribution < 1.29 is 5.11 Å². The van der Waals surface area contributed by atoms with Crippen LogP contribution in [0.4, 0.5) is 5.82 Å². The molecule has 134 valence electrons. The van der Waals surface area contributed by atoms with Crippen molar-refractivity contribution in [3.63, 3.8) is 0 Å². The van der Waals surface area contributed by atoms with E-state index < -0.39 is 0 Å². The Bertz CT molecular complexity index is 1080. The molecule has 0 spiro atoms. The minimum absolute atomic E-state index is 0.0119. The molecule has 5 rings (SSSR count). The Hall–Kier alpha value is -3.41. The first-order valence-electron chi connectivity index (χ1n) is 9.10. The van der Waals surface area contributed by atoms with E-state index in [9.17, 15) is 5.11 Å². The van der Waals surface area contributed by atoms with Crippen LogP contribution in [-0.4, -0.2) is 24.7 Å². The lowest BCUT2D eigenvalue weighted by Crippen LogP contribution is -2.06. The van der Waals surface area contributed by atoms with Crippen LogP contribution in [0.15, 0.2) is 60.9 Å². The highest BCUT2D eigenvalue weighted by Gasteiger charge is 2.28. The Morgan fingerprint density at radius 3 is 2.70 bits per heavy atom. The minimum atomic E-state index is 0.0119. The Morgan fingerprint density at radius 1 is 1.11 bits per heavy atom. The van der Waals surface area contributed by atoms with Crippen molar-refractivity contribution in [3.8, 4) is 17.1 Å². The molecule has 0 amide bonds. The summed E-state index contributed by atoms with van der Waals surface area (Å²) in [6, 6.07) is 15.8. The molecule has 1 saturated carbocycles. The number of hydrogen-bond acceptors (Lipinski definition) is 5. The van der Waals surface area contributed by atoms with Gasteiger partial charge in [0.1, 0.15) is 5.82 Å². The van der Waals surface area contributed by atoms with Gasteiger partial charge in [-0.25, -0.2) is 0 Å². The van der Waals surface area contributed by atoms with Gasteiger partial charge in [-0.1, -0.05) is 30.3 Å². The third-order valence-electron chi connectivity index (χ3n) is 4.89. The van der Waals surface area contributed by atoms with Gasteiger partial charge in [-0.15, -0.1) is 0 Å². The zero-order valence-corrected chi connectivity index (χ0v) is 14.7. The van der Waals surface area contributed by atoms with E-state index in [1.165, 1.54) is 12.8 Å². The highest BCUT2D eigenvalue weighted by Crippen LogP contribution is 2.42. The number of nitrogens with one attached hydrogen (secondary N) is 1. The fourth-order valence-electron chi connectivity index (χ4n) is 3.29. The molecule has 6 heteroatoms. The Morgan fingerprint density at radius 2 is 1.96 bits per heavy atom. The van der Waals surface area contributed by atoms with Gasteiger partial charge < -0.3 is 10.4 Å². The number of benzene rings is 1. The number of fused-ring (bicyclic) bond motifs is 1. The Kier molecular flexibility index (Phi) is 3.74. The van der Waals surface area contributed by atoms with Crippen molar-refractivity contribution in [2.75, 3.05) is 5.32 Å². The van der Waals surface area contributed by atoms with E-state index in [1.54, 1.807) is 16.8 Å². The lowest BCUT2D eigenvalue weighted by molar-refractivity contribution is 0.454. The molecule has 1 fully saturated rings. The molecule has 0 aliphatic heterocycles. The van der Waals surface area contributed by atoms with Crippen LogP contribution < -0.4 is 5.32 Å². The highest BCUT2D eigenvalue weighted by atomic mass is 16.3. The third kappa shape index (κ3) is 3.10. The first-order chi connectivity index (χ1) is 13.3. The first-order valence-corrected chi connectivity index (χ1v) is 9.10. The standard InChI is InChI=1S/C21H19N5O/c27-20-11-19(26-21(25-20)17(13-24-26)15-8-9-15)23-12-14-4-6-16(7-5-14)18-3-1-2-10-22-18/h1-7,10-11,13,15,23H,8-9,12H2,(H,25,27). The molecule has 3 aromatic heterocycles. The normalized spacial score (nSPS) is 13.8. The van der Waals surface area contributed by atoms with Crippen LogP contribution in [-0.2, 0) is 6.54 Å². The second-order valence-corrected chi connectivity index (χ2v) is 6.87. The maximum Gasteiger partial charge on any atom is 0.216 e. The molecule has 27 heavy (non-hydrogen) atoms. The minimum Gasteiger partial charge on any atom is -0.493 e. The fraction of sp³-hybridized carbons (Fsp3) is 0.190. The lowest BCUT2D eigenvalue weighted by Gasteiger charge is -2.10. The molecule has 0 bridgehead atoms. The third-order valence-corrected chi connectivity index (χ3v) is 4.89. The molecule has 6 nitrogen and oxygen atoms in total. The van der Waals surface area contributed by atoms with Crippen LogP contribution in [0.25, 0.3) is 16.9 Å². The molecule has 4 aromatic rings. The van der Waals surface area contributed by atoms with Crippen LogP contribution in [0.3, 0.4) is 0 Å². The van der Waals surface area contributed by atoms with Crippen LogP contribution in [0.1, 0.15) is 29.9 Å². The van der Waals surface area contributed by atoms with Crippen LogP contribution in [0.2, 0.25) is 0 Å². The maximum atomic E-state index is 10.0. The summed E-state index contributed by atoms with van der Waals surface area (Å²) in [5.74, 6) is 1.28. The van der Waals surface area contributed by atoms with Crippen LogP contribution in [0, 0.1) is 0 Å². The summed E-state index contributed by atoms with van der Waals surface area (Å²) < 4.78 is 1.77. The second-order valence-electron chi connectivity index (χ2n) is 6.87. The number of hydrogen-bond donors (Lipinski definition) is 2. The van der Waals surface area contributed by atoms with E-state index in [2.05, 4.69) is 44.6 Å². The number of nitrogens with zero attached hydrogens (tertiary/aromatic N) is 4. The average molecular weight is 357 g/mol. The summed E-state index contributed by atoms with van der Waals surface area (Å²) in [5.41, 5.74) is 5.04. The van der Waals surface area contributed by atoms with Gasteiger partial charge in [-0.3, -0.25) is 4.98 Å². The van der Waals surface area contributed by atoms with Crippen molar-refractivity contribution in [1.29, 1.82) is 0 Å². The molecule has 1 aliphatic carbocycles. The molecule has 0 unspecified atom stereocenters. The first kappa shape index (κ1) is 15.8. The van der Waals surface area contributed by atoms with Gasteiger partial charge >= 0.3 is 0 Å². The molecular formula is C21H19N5O. The Balaban J connectivity index is 1.37. The molecule has 3 heterocycles. The molecule has 1 aromatic carbocycles. The molecule has 0 radical (unpaired) electrons.